The first-order valence-electron chi connectivity index (χ1n) is 4.09. The molecule has 0 fully saturated rings. The summed E-state index contributed by atoms with van der Waals surface area (Å²) >= 11 is 0. The Morgan fingerprint density at radius 2 is 1.92 bits per heavy atom. The van der Waals surface area contributed by atoms with Crippen LogP contribution in [0.4, 0.5) is 11.5 Å². The minimum absolute atomic E-state index is 0.542. The van der Waals surface area contributed by atoms with E-state index < -0.39 is 0 Å². The van der Waals surface area contributed by atoms with Gasteiger partial charge in [0, 0.05) is 11.1 Å². The monoisotopic (exact) mass is 173 g/mol. The number of nitrogens with zero attached hydrogens (tertiary/aromatic N) is 1. The SMILES string of the molecule is Cc1cc(N)cc2ccc(N)nc12. The number of hydrogen-bond donors (Lipinski definition) is 2. The van der Waals surface area contributed by atoms with E-state index >= 15 is 0 Å². The molecule has 0 aliphatic heterocycles. The number of aryl methyl sites for hydroxylation is 1. The number of rotatable bonds is 0. The molecule has 1 aromatic carbocycles. The van der Waals surface area contributed by atoms with Crippen molar-refractivity contribution in [3.8, 4) is 0 Å². The molecule has 0 spiro atoms. The molecule has 0 radical (unpaired) electrons. The van der Waals surface area contributed by atoms with Gasteiger partial charge in [-0.15, -0.1) is 0 Å². The van der Waals surface area contributed by atoms with Crippen molar-refractivity contribution in [1.82, 2.24) is 4.98 Å². The van der Waals surface area contributed by atoms with Crippen LogP contribution in [0.1, 0.15) is 5.56 Å². The Morgan fingerprint density at radius 1 is 1.15 bits per heavy atom. The Labute approximate surface area is 76.4 Å². The van der Waals surface area contributed by atoms with Crippen LogP contribution in [0.3, 0.4) is 0 Å². The molecule has 0 aliphatic carbocycles. The third-order valence-electron chi connectivity index (χ3n) is 2.03. The zero-order valence-electron chi connectivity index (χ0n) is 7.41. The molecule has 13 heavy (non-hydrogen) atoms. The van der Waals surface area contributed by atoms with Gasteiger partial charge in [-0.2, -0.15) is 0 Å². The van der Waals surface area contributed by atoms with Crippen molar-refractivity contribution in [3.05, 3.63) is 29.8 Å². The van der Waals surface area contributed by atoms with E-state index in [0.717, 1.165) is 22.2 Å². The molecule has 2 aromatic rings. The number of pyridine rings is 1. The summed E-state index contributed by atoms with van der Waals surface area (Å²) in [5.41, 5.74) is 14.0. The minimum Gasteiger partial charge on any atom is -0.399 e. The van der Waals surface area contributed by atoms with E-state index in [1.807, 2.05) is 25.1 Å². The Balaban J connectivity index is 2.87. The van der Waals surface area contributed by atoms with Crippen LogP contribution in [0, 0.1) is 6.92 Å². The van der Waals surface area contributed by atoms with Crippen LogP contribution >= 0.6 is 0 Å². The summed E-state index contributed by atoms with van der Waals surface area (Å²) in [5.74, 6) is 0.542. The number of nitrogens with two attached hydrogens (primary N) is 2. The average molecular weight is 173 g/mol. The van der Waals surface area contributed by atoms with Crippen molar-refractivity contribution in [2.75, 3.05) is 11.5 Å². The van der Waals surface area contributed by atoms with Crippen molar-refractivity contribution in [3.63, 3.8) is 0 Å². The summed E-state index contributed by atoms with van der Waals surface area (Å²) in [6.07, 6.45) is 0. The lowest BCUT2D eigenvalue weighted by Gasteiger charge is -2.03. The Kier molecular flexibility index (Phi) is 1.59. The van der Waals surface area contributed by atoms with E-state index in [-0.39, 0.29) is 0 Å². The lowest BCUT2D eigenvalue weighted by Crippen LogP contribution is -1.93. The highest BCUT2D eigenvalue weighted by atomic mass is 14.8. The summed E-state index contributed by atoms with van der Waals surface area (Å²) in [7, 11) is 0. The highest BCUT2D eigenvalue weighted by Gasteiger charge is 2.00. The molecule has 0 bridgehead atoms. The first kappa shape index (κ1) is 7.86. The van der Waals surface area contributed by atoms with Crippen LogP contribution in [0.15, 0.2) is 24.3 Å². The zero-order valence-corrected chi connectivity index (χ0v) is 7.41. The molecular formula is C10H11N3. The third kappa shape index (κ3) is 1.28. The summed E-state index contributed by atoms with van der Waals surface area (Å²) in [6, 6.07) is 7.51. The predicted molar refractivity (Wildman–Crippen MR) is 55.3 cm³/mol. The van der Waals surface area contributed by atoms with Gasteiger partial charge in [0.1, 0.15) is 5.82 Å². The quantitative estimate of drug-likeness (QED) is 0.596. The van der Waals surface area contributed by atoms with E-state index in [4.69, 9.17) is 11.5 Å². The molecule has 3 heteroatoms. The zero-order chi connectivity index (χ0) is 9.42. The van der Waals surface area contributed by atoms with Gasteiger partial charge in [0.2, 0.25) is 0 Å². The first-order chi connectivity index (χ1) is 6.16. The minimum atomic E-state index is 0.542. The topological polar surface area (TPSA) is 64.9 Å². The number of fused-ring (bicyclic) bond motifs is 1. The number of aromatic nitrogens is 1. The van der Waals surface area contributed by atoms with Gasteiger partial charge in [0.25, 0.3) is 0 Å². The van der Waals surface area contributed by atoms with Crippen molar-refractivity contribution < 1.29 is 0 Å². The van der Waals surface area contributed by atoms with Gasteiger partial charge in [0.05, 0.1) is 5.52 Å². The predicted octanol–water partition coefficient (Wildman–Crippen LogP) is 1.71. The van der Waals surface area contributed by atoms with Gasteiger partial charge >= 0.3 is 0 Å². The molecule has 0 saturated heterocycles. The molecule has 0 aliphatic rings. The largest absolute Gasteiger partial charge is 0.399 e. The van der Waals surface area contributed by atoms with Crippen LogP contribution in [0.2, 0.25) is 0 Å². The molecule has 4 N–H and O–H groups in total. The maximum atomic E-state index is 5.70. The maximum Gasteiger partial charge on any atom is 0.124 e. The second kappa shape index (κ2) is 2.62. The number of nitrogen functional groups attached to an aromatic ring is 2. The van der Waals surface area contributed by atoms with Gasteiger partial charge in [-0.05, 0) is 36.8 Å². The number of benzene rings is 1. The molecule has 2 rings (SSSR count). The summed E-state index contributed by atoms with van der Waals surface area (Å²) < 4.78 is 0. The average Bonchev–Trinajstić information content (AvgIpc) is 2.06. The molecule has 3 nitrogen and oxygen atoms in total. The number of hydrogen-bond acceptors (Lipinski definition) is 3. The highest BCUT2D eigenvalue weighted by Crippen LogP contribution is 2.20. The van der Waals surface area contributed by atoms with Gasteiger partial charge in [0.15, 0.2) is 0 Å². The van der Waals surface area contributed by atoms with Gasteiger partial charge in [-0.25, -0.2) is 4.98 Å². The van der Waals surface area contributed by atoms with Gasteiger partial charge < -0.3 is 11.5 Å². The third-order valence-corrected chi connectivity index (χ3v) is 2.03. The maximum absolute atomic E-state index is 5.70. The highest BCUT2D eigenvalue weighted by molar-refractivity contribution is 5.86. The fourth-order valence-electron chi connectivity index (χ4n) is 1.46. The van der Waals surface area contributed by atoms with Crippen molar-refractivity contribution in [2.45, 2.75) is 6.92 Å². The normalized spacial score (nSPS) is 10.5. The summed E-state index contributed by atoms with van der Waals surface area (Å²) in [6.45, 7) is 1.98. The smallest absolute Gasteiger partial charge is 0.124 e. The fourth-order valence-corrected chi connectivity index (χ4v) is 1.46. The van der Waals surface area contributed by atoms with Crippen LogP contribution in [-0.4, -0.2) is 4.98 Å². The standard InChI is InChI=1S/C10H11N3/c1-6-4-8(11)5-7-2-3-9(12)13-10(6)7/h2-5H,11H2,1H3,(H2,12,13). The van der Waals surface area contributed by atoms with Gasteiger partial charge in [-0.1, -0.05) is 0 Å². The second-order valence-corrected chi connectivity index (χ2v) is 3.15. The van der Waals surface area contributed by atoms with E-state index in [0.29, 0.717) is 5.82 Å². The molecule has 0 atom stereocenters. The van der Waals surface area contributed by atoms with Crippen molar-refractivity contribution >= 4 is 22.4 Å². The Morgan fingerprint density at radius 3 is 2.69 bits per heavy atom. The fraction of sp³-hybridized carbons (Fsp3) is 0.100. The van der Waals surface area contributed by atoms with E-state index in [1.54, 1.807) is 6.07 Å². The first-order valence-corrected chi connectivity index (χ1v) is 4.09. The molecule has 0 saturated carbocycles. The molecule has 66 valence electrons. The lowest BCUT2D eigenvalue weighted by atomic mass is 10.1. The van der Waals surface area contributed by atoms with Crippen LogP contribution in [0.5, 0.6) is 0 Å². The van der Waals surface area contributed by atoms with Crippen molar-refractivity contribution in [2.24, 2.45) is 0 Å². The molecule has 1 heterocycles. The lowest BCUT2D eigenvalue weighted by molar-refractivity contribution is 1.37. The summed E-state index contributed by atoms with van der Waals surface area (Å²) in [4.78, 5) is 4.24. The Bertz CT molecular complexity index is 463. The summed E-state index contributed by atoms with van der Waals surface area (Å²) in [5, 5.41) is 1.03. The molecule has 1 aromatic heterocycles. The second-order valence-electron chi connectivity index (χ2n) is 3.15. The number of anilines is 2. The molecule has 0 amide bonds. The van der Waals surface area contributed by atoms with E-state index in [1.165, 1.54) is 0 Å². The van der Waals surface area contributed by atoms with E-state index in [2.05, 4.69) is 4.98 Å². The van der Waals surface area contributed by atoms with Crippen LogP contribution in [-0.2, 0) is 0 Å². The Hall–Kier alpha value is -1.77. The molecule has 0 unspecified atom stereocenters. The van der Waals surface area contributed by atoms with Gasteiger partial charge in [-0.3, -0.25) is 0 Å². The van der Waals surface area contributed by atoms with Crippen molar-refractivity contribution in [1.29, 1.82) is 0 Å². The molecular weight excluding hydrogens is 162 g/mol. The van der Waals surface area contributed by atoms with Crippen LogP contribution < -0.4 is 11.5 Å². The van der Waals surface area contributed by atoms with E-state index in [9.17, 15) is 0 Å². The van der Waals surface area contributed by atoms with Crippen LogP contribution in [0.25, 0.3) is 10.9 Å².